The Hall–Kier alpha value is -3.72. The Labute approximate surface area is 191 Å². The molecular formula is C24H25N7O2. The third kappa shape index (κ3) is 3.45. The van der Waals surface area contributed by atoms with Gasteiger partial charge in [-0.1, -0.05) is 6.07 Å². The Morgan fingerprint density at radius 2 is 1.91 bits per heavy atom. The van der Waals surface area contributed by atoms with Crippen LogP contribution in [-0.2, 0) is 6.54 Å². The summed E-state index contributed by atoms with van der Waals surface area (Å²) in [6, 6.07) is 6.73. The standard InChI is InChI=1S/C24H25N7O2/c1-15-7-28-31-14-19(32)6-20(24(15)31)21-9-26-22(10-25-21)29-12-17-5-18(13-29)30(17)11-16-3-4-23(33-2)27-8-16/h3-4,6-10,14,17-18,32H,5,11-13H2,1-2H3. The van der Waals surface area contributed by atoms with Gasteiger partial charge in [0.1, 0.15) is 11.6 Å². The van der Waals surface area contributed by atoms with E-state index in [9.17, 15) is 5.11 Å². The number of hydrogen-bond donors (Lipinski definition) is 1. The first-order valence-corrected chi connectivity index (χ1v) is 11.1. The van der Waals surface area contributed by atoms with Gasteiger partial charge < -0.3 is 14.7 Å². The minimum Gasteiger partial charge on any atom is -0.506 e. The van der Waals surface area contributed by atoms with Gasteiger partial charge in [-0.3, -0.25) is 9.88 Å². The van der Waals surface area contributed by atoms with Gasteiger partial charge in [0.05, 0.1) is 43.1 Å². The molecule has 2 unspecified atom stereocenters. The van der Waals surface area contributed by atoms with Crippen LogP contribution in [0.4, 0.5) is 5.82 Å². The van der Waals surface area contributed by atoms with Gasteiger partial charge >= 0.3 is 0 Å². The van der Waals surface area contributed by atoms with E-state index < -0.39 is 0 Å². The van der Waals surface area contributed by atoms with Gasteiger partial charge in [0, 0.05) is 49.5 Å². The Kier molecular flexibility index (Phi) is 4.65. The molecule has 3 saturated heterocycles. The molecule has 0 saturated carbocycles. The molecule has 7 rings (SSSR count). The van der Waals surface area contributed by atoms with Crippen molar-refractivity contribution in [3.05, 3.63) is 60.3 Å². The van der Waals surface area contributed by atoms with Crippen LogP contribution in [0.2, 0.25) is 0 Å². The topological polar surface area (TPSA) is 91.9 Å². The lowest BCUT2D eigenvalue weighted by Gasteiger charge is -2.56. The zero-order valence-corrected chi connectivity index (χ0v) is 18.6. The van der Waals surface area contributed by atoms with E-state index in [-0.39, 0.29) is 5.75 Å². The van der Waals surface area contributed by atoms with Gasteiger partial charge in [0.2, 0.25) is 5.88 Å². The van der Waals surface area contributed by atoms with E-state index in [4.69, 9.17) is 9.72 Å². The molecule has 4 aromatic rings. The fraction of sp³-hybridized carbons (Fsp3) is 0.333. The van der Waals surface area contributed by atoms with Crippen LogP contribution < -0.4 is 9.64 Å². The molecule has 0 aromatic carbocycles. The number of anilines is 1. The summed E-state index contributed by atoms with van der Waals surface area (Å²) in [5.41, 5.74) is 4.71. The van der Waals surface area contributed by atoms with Crippen LogP contribution in [-0.4, -0.2) is 66.9 Å². The second kappa shape index (κ2) is 7.70. The second-order valence-electron chi connectivity index (χ2n) is 8.82. The number of aromatic hydroxyl groups is 1. The number of nitrogens with zero attached hydrogens (tertiary/aromatic N) is 7. The van der Waals surface area contributed by atoms with Gasteiger partial charge in [0.25, 0.3) is 0 Å². The van der Waals surface area contributed by atoms with Crippen molar-refractivity contribution in [2.45, 2.75) is 32.0 Å². The number of aryl methyl sites for hydroxylation is 1. The lowest BCUT2D eigenvalue weighted by Crippen LogP contribution is -2.68. The first-order chi connectivity index (χ1) is 16.1. The molecule has 4 aromatic heterocycles. The van der Waals surface area contributed by atoms with Crippen LogP contribution in [0.5, 0.6) is 11.6 Å². The largest absolute Gasteiger partial charge is 0.506 e. The molecule has 7 heterocycles. The molecule has 3 aliphatic heterocycles. The molecule has 9 heteroatoms. The molecule has 3 fully saturated rings. The van der Waals surface area contributed by atoms with Gasteiger partial charge in [0.15, 0.2) is 0 Å². The van der Waals surface area contributed by atoms with Crippen LogP contribution in [0.25, 0.3) is 16.8 Å². The number of hydrogen-bond acceptors (Lipinski definition) is 8. The first kappa shape index (κ1) is 19.9. The van der Waals surface area contributed by atoms with Crippen molar-refractivity contribution in [1.82, 2.24) is 29.5 Å². The number of methoxy groups -OCH3 is 1. The van der Waals surface area contributed by atoms with E-state index in [1.165, 1.54) is 12.0 Å². The summed E-state index contributed by atoms with van der Waals surface area (Å²) in [4.78, 5) is 18.6. The zero-order valence-electron chi connectivity index (χ0n) is 18.6. The van der Waals surface area contributed by atoms with Crippen LogP contribution in [0.1, 0.15) is 17.5 Å². The van der Waals surface area contributed by atoms with E-state index >= 15 is 0 Å². The summed E-state index contributed by atoms with van der Waals surface area (Å²) >= 11 is 0. The lowest BCUT2D eigenvalue weighted by atomic mass is 9.87. The quantitative estimate of drug-likeness (QED) is 0.503. The fourth-order valence-electron chi connectivity index (χ4n) is 5.05. The zero-order chi connectivity index (χ0) is 22.5. The summed E-state index contributed by atoms with van der Waals surface area (Å²) in [7, 11) is 1.63. The Morgan fingerprint density at radius 1 is 1.06 bits per heavy atom. The third-order valence-electron chi connectivity index (χ3n) is 6.73. The van der Waals surface area contributed by atoms with E-state index in [2.05, 4.69) is 30.9 Å². The summed E-state index contributed by atoms with van der Waals surface area (Å²) in [5.74, 6) is 1.68. The number of rotatable bonds is 5. The number of piperidine rings is 1. The SMILES string of the molecule is COc1ccc(CN2C3CC2CN(c2cnc(-c4cc(O)cn5ncc(C)c45)cn2)C3)cn1. The molecule has 168 valence electrons. The normalized spacial score (nSPS) is 20.1. The molecule has 2 atom stereocenters. The van der Waals surface area contributed by atoms with Crippen molar-refractivity contribution in [2.75, 3.05) is 25.1 Å². The summed E-state index contributed by atoms with van der Waals surface area (Å²) < 4.78 is 6.84. The van der Waals surface area contributed by atoms with E-state index in [0.29, 0.717) is 18.0 Å². The minimum absolute atomic E-state index is 0.148. The van der Waals surface area contributed by atoms with Crippen LogP contribution in [0.3, 0.4) is 0 Å². The highest BCUT2D eigenvalue weighted by atomic mass is 16.5. The van der Waals surface area contributed by atoms with E-state index in [0.717, 1.165) is 47.8 Å². The smallest absolute Gasteiger partial charge is 0.212 e. The maximum atomic E-state index is 10.1. The monoisotopic (exact) mass is 443 g/mol. The number of piperazine rings is 1. The molecule has 0 radical (unpaired) electrons. The van der Waals surface area contributed by atoms with Gasteiger partial charge in [-0.25, -0.2) is 14.5 Å². The predicted molar refractivity (Wildman–Crippen MR) is 123 cm³/mol. The highest BCUT2D eigenvalue weighted by molar-refractivity contribution is 5.81. The highest BCUT2D eigenvalue weighted by Crippen LogP contribution is 2.36. The maximum Gasteiger partial charge on any atom is 0.212 e. The van der Waals surface area contributed by atoms with Gasteiger partial charge in [-0.2, -0.15) is 5.10 Å². The summed E-state index contributed by atoms with van der Waals surface area (Å²) in [6.45, 7) is 4.78. The van der Waals surface area contributed by atoms with Crippen molar-refractivity contribution in [1.29, 1.82) is 0 Å². The summed E-state index contributed by atoms with van der Waals surface area (Å²) in [6.07, 6.45) is 10.1. The Morgan fingerprint density at radius 3 is 2.61 bits per heavy atom. The molecule has 0 aliphatic carbocycles. The minimum atomic E-state index is 0.148. The van der Waals surface area contributed by atoms with Crippen molar-refractivity contribution in [3.63, 3.8) is 0 Å². The second-order valence-corrected chi connectivity index (χ2v) is 8.82. The third-order valence-corrected chi connectivity index (χ3v) is 6.73. The number of fused-ring (bicyclic) bond motifs is 3. The average molecular weight is 444 g/mol. The van der Waals surface area contributed by atoms with Crippen LogP contribution >= 0.6 is 0 Å². The lowest BCUT2D eigenvalue weighted by molar-refractivity contribution is -0.00879. The molecule has 33 heavy (non-hydrogen) atoms. The predicted octanol–water partition coefficient (Wildman–Crippen LogP) is 2.67. The van der Waals surface area contributed by atoms with E-state index in [1.54, 1.807) is 36.3 Å². The van der Waals surface area contributed by atoms with Crippen LogP contribution in [0.15, 0.2) is 49.2 Å². The van der Waals surface area contributed by atoms with E-state index in [1.807, 2.05) is 25.4 Å². The molecule has 2 bridgehead atoms. The molecule has 1 N–H and O–H groups in total. The highest BCUT2D eigenvalue weighted by Gasteiger charge is 2.44. The first-order valence-electron chi connectivity index (χ1n) is 11.1. The fourth-order valence-corrected chi connectivity index (χ4v) is 5.05. The molecular weight excluding hydrogens is 418 g/mol. The molecule has 3 aliphatic rings. The maximum absolute atomic E-state index is 10.1. The van der Waals surface area contributed by atoms with Gasteiger partial charge in [-0.15, -0.1) is 0 Å². The summed E-state index contributed by atoms with van der Waals surface area (Å²) in [5, 5.41) is 14.4. The van der Waals surface area contributed by atoms with Crippen molar-refractivity contribution in [2.24, 2.45) is 0 Å². The molecule has 0 amide bonds. The average Bonchev–Trinajstić information content (AvgIpc) is 3.22. The number of aromatic nitrogens is 5. The Bertz CT molecular complexity index is 1290. The van der Waals surface area contributed by atoms with Crippen LogP contribution in [0, 0.1) is 6.92 Å². The van der Waals surface area contributed by atoms with Crippen molar-refractivity contribution >= 4 is 11.3 Å². The molecule has 0 spiro atoms. The van der Waals surface area contributed by atoms with Crippen molar-refractivity contribution in [3.8, 4) is 22.9 Å². The van der Waals surface area contributed by atoms with Gasteiger partial charge in [-0.05, 0) is 30.5 Å². The Balaban J connectivity index is 1.17. The molecule has 9 nitrogen and oxygen atoms in total. The number of pyridine rings is 2. The number of ether oxygens (including phenoxy) is 1. The van der Waals surface area contributed by atoms with Crippen molar-refractivity contribution < 1.29 is 9.84 Å².